The summed E-state index contributed by atoms with van der Waals surface area (Å²) in [5.41, 5.74) is 4.31. The first kappa shape index (κ1) is 29.4. The van der Waals surface area contributed by atoms with E-state index < -0.39 is 12.3 Å². The van der Waals surface area contributed by atoms with Gasteiger partial charge in [-0.1, -0.05) is 17.3 Å². The number of rotatable bonds is 8. The fourth-order valence-electron chi connectivity index (χ4n) is 8.76. The normalized spacial score (nSPS) is 25.9. The molecule has 0 amide bonds. The molecule has 2 aliphatic heterocycles. The Balaban J connectivity index is 0.981. The topological polar surface area (TPSA) is 84.0 Å². The molecule has 2 aliphatic carbocycles. The van der Waals surface area contributed by atoms with Gasteiger partial charge in [0.05, 0.1) is 11.1 Å². The maximum absolute atomic E-state index is 13.2. The summed E-state index contributed by atoms with van der Waals surface area (Å²) in [5.74, 6) is -0.131. The lowest BCUT2D eigenvalue weighted by molar-refractivity contribution is -0.274. The summed E-state index contributed by atoms with van der Waals surface area (Å²) in [6.45, 7) is 0.555. The third kappa shape index (κ3) is 5.03. The van der Waals surface area contributed by atoms with Crippen LogP contribution in [0.1, 0.15) is 79.0 Å². The number of benzene rings is 2. The fourth-order valence-corrected chi connectivity index (χ4v) is 8.76. The Bertz CT molecular complexity index is 1800. The second kappa shape index (κ2) is 10.5. The van der Waals surface area contributed by atoms with Gasteiger partial charge in [0.2, 0.25) is 0 Å². The molecule has 2 unspecified atom stereocenters. The lowest BCUT2D eigenvalue weighted by Gasteiger charge is -2.57. The van der Waals surface area contributed by atoms with Crippen molar-refractivity contribution in [2.45, 2.75) is 88.3 Å². The van der Waals surface area contributed by atoms with Gasteiger partial charge in [0.1, 0.15) is 17.2 Å². The van der Waals surface area contributed by atoms with Crippen molar-refractivity contribution in [1.29, 1.82) is 0 Å². The number of aryl methyl sites for hydroxylation is 1. The molecule has 2 aromatic carbocycles. The molecule has 1 spiro atoms. The highest BCUT2D eigenvalue weighted by Crippen LogP contribution is 2.58. The first-order valence-corrected chi connectivity index (χ1v) is 16.1. The van der Waals surface area contributed by atoms with Crippen molar-refractivity contribution in [3.05, 3.63) is 65.5 Å². The molecule has 11 heteroatoms. The molecular formula is C35H37F3N4O4. The van der Waals surface area contributed by atoms with Crippen molar-refractivity contribution >= 4 is 22.6 Å². The SMILES string of the molecule is CN(Cc1c(-c2ccccc2OC(F)(F)F)noc1C1CC1)C1CC2(C1)CC1CCC(C2)N1c1ccc2c(C(=O)O)cn(C)c2c1. The number of piperidine rings is 1. The molecule has 0 radical (unpaired) electrons. The van der Waals surface area contributed by atoms with Gasteiger partial charge >= 0.3 is 12.3 Å². The van der Waals surface area contributed by atoms with Gasteiger partial charge in [0.15, 0.2) is 0 Å². The molecule has 2 saturated carbocycles. The molecular weight excluding hydrogens is 597 g/mol. The number of fused-ring (bicyclic) bond motifs is 3. The minimum Gasteiger partial charge on any atom is -0.478 e. The van der Waals surface area contributed by atoms with E-state index in [1.54, 1.807) is 18.3 Å². The standard InChI is InChI=1S/C35H37F3N4O4/c1-40(19-28-31(39-46-32(28)20-7-8-20)26-5-3-4-6-30(26)45-35(36,37)38)24-16-34(17-24)14-22-9-10-23(15-34)42(22)21-11-12-25-27(33(43)44)18-41(2)29(25)13-21/h3-6,11-13,18,20,22-24H,7-10,14-17,19H2,1-2H3,(H,43,44). The Morgan fingerprint density at radius 1 is 1.09 bits per heavy atom. The Morgan fingerprint density at radius 2 is 1.80 bits per heavy atom. The quantitative estimate of drug-likeness (QED) is 0.213. The maximum atomic E-state index is 13.2. The van der Waals surface area contributed by atoms with Crippen molar-refractivity contribution in [3.8, 4) is 17.0 Å². The summed E-state index contributed by atoms with van der Waals surface area (Å²) >= 11 is 0. The average molecular weight is 635 g/mol. The second-order valence-corrected chi connectivity index (χ2v) is 14.0. The first-order chi connectivity index (χ1) is 22.0. The minimum atomic E-state index is -4.80. The molecule has 4 aliphatic rings. The molecule has 4 aromatic rings. The third-order valence-electron chi connectivity index (χ3n) is 11.0. The number of carboxylic acids is 1. The molecule has 46 heavy (non-hydrogen) atoms. The summed E-state index contributed by atoms with van der Waals surface area (Å²) in [5, 5.41) is 14.7. The second-order valence-electron chi connectivity index (χ2n) is 14.0. The fraction of sp³-hybridized carbons (Fsp3) is 0.486. The average Bonchev–Trinajstić information content (AvgIpc) is 3.59. The summed E-state index contributed by atoms with van der Waals surface area (Å²) in [6.07, 6.45) is 5.65. The number of hydrogen-bond acceptors (Lipinski definition) is 6. The zero-order chi connectivity index (χ0) is 32.0. The van der Waals surface area contributed by atoms with E-state index in [9.17, 15) is 23.1 Å². The predicted molar refractivity (Wildman–Crippen MR) is 166 cm³/mol. The molecule has 2 bridgehead atoms. The number of ether oxygens (including phenoxy) is 1. The first-order valence-electron chi connectivity index (χ1n) is 16.1. The van der Waals surface area contributed by atoms with Gasteiger partial charge in [-0.25, -0.2) is 4.79 Å². The zero-order valence-corrected chi connectivity index (χ0v) is 25.9. The molecule has 242 valence electrons. The van der Waals surface area contributed by atoms with Crippen LogP contribution in [-0.2, 0) is 13.6 Å². The van der Waals surface area contributed by atoms with Crippen molar-refractivity contribution < 1.29 is 32.3 Å². The Labute approximate surface area is 264 Å². The van der Waals surface area contributed by atoms with Crippen LogP contribution in [0.4, 0.5) is 18.9 Å². The smallest absolute Gasteiger partial charge is 0.478 e. The van der Waals surface area contributed by atoms with Gasteiger partial charge in [-0.05, 0) is 94.2 Å². The van der Waals surface area contributed by atoms with Gasteiger partial charge in [-0.15, -0.1) is 13.2 Å². The van der Waals surface area contributed by atoms with E-state index in [1.807, 2.05) is 17.7 Å². The Kier molecular flexibility index (Phi) is 6.72. The van der Waals surface area contributed by atoms with E-state index in [0.717, 1.165) is 73.6 Å². The van der Waals surface area contributed by atoms with Gasteiger partial charge in [-0.3, -0.25) is 4.90 Å². The Morgan fingerprint density at radius 3 is 2.48 bits per heavy atom. The number of halogens is 3. The highest BCUT2D eigenvalue weighted by Gasteiger charge is 2.55. The van der Waals surface area contributed by atoms with Crippen LogP contribution in [0.15, 0.2) is 53.2 Å². The predicted octanol–water partition coefficient (Wildman–Crippen LogP) is 7.72. The number of nitrogens with zero attached hydrogens (tertiary/aromatic N) is 4. The lowest BCUT2D eigenvalue weighted by atomic mass is 9.58. The van der Waals surface area contributed by atoms with Crippen LogP contribution in [0.3, 0.4) is 0 Å². The summed E-state index contributed by atoms with van der Waals surface area (Å²) < 4.78 is 51.7. The monoisotopic (exact) mass is 634 g/mol. The minimum absolute atomic E-state index is 0.263. The van der Waals surface area contributed by atoms with E-state index in [2.05, 4.69) is 38.9 Å². The number of alkyl halides is 3. The maximum Gasteiger partial charge on any atom is 0.573 e. The van der Waals surface area contributed by atoms with Crippen molar-refractivity contribution in [1.82, 2.24) is 14.6 Å². The van der Waals surface area contributed by atoms with Crippen LogP contribution >= 0.6 is 0 Å². The lowest BCUT2D eigenvalue weighted by Crippen LogP contribution is -2.57. The number of hydrogen-bond donors (Lipinski definition) is 1. The molecule has 2 aromatic heterocycles. The van der Waals surface area contributed by atoms with Crippen LogP contribution in [0.5, 0.6) is 5.75 Å². The summed E-state index contributed by atoms with van der Waals surface area (Å²) in [6, 6.07) is 13.6. The molecule has 8 rings (SSSR count). The van der Waals surface area contributed by atoms with E-state index in [4.69, 9.17) is 4.52 Å². The van der Waals surface area contributed by atoms with Crippen LogP contribution in [0.2, 0.25) is 0 Å². The number of carboxylic acid groups (broad SMARTS) is 1. The van der Waals surface area contributed by atoms with Crippen molar-refractivity contribution in [2.75, 3.05) is 11.9 Å². The number of carbonyl (C=O) groups is 1. The highest BCUT2D eigenvalue weighted by atomic mass is 19.4. The third-order valence-corrected chi connectivity index (χ3v) is 11.0. The van der Waals surface area contributed by atoms with E-state index in [0.29, 0.717) is 41.5 Å². The molecule has 2 atom stereocenters. The molecule has 2 saturated heterocycles. The number of aromatic nitrogens is 2. The number of para-hydroxylation sites is 1. The molecule has 4 heterocycles. The Hall–Kier alpha value is -3.99. The van der Waals surface area contributed by atoms with E-state index in [-0.39, 0.29) is 17.1 Å². The van der Waals surface area contributed by atoms with Gasteiger partial charge in [0, 0.05) is 66.0 Å². The van der Waals surface area contributed by atoms with E-state index >= 15 is 0 Å². The van der Waals surface area contributed by atoms with Crippen molar-refractivity contribution in [3.63, 3.8) is 0 Å². The number of aromatic carboxylic acids is 1. The zero-order valence-electron chi connectivity index (χ0n) is 25.9. The molecule has 4 fully saturated rings. The van der Waals surface area contributed by atoms with Gasteiger partial charge in [0.25, 0.3) is 0 Å². The van der Waals surface area contributed by atoms with Crippen molar-refractivity contribution in [2.24, 2.45) is 12.5 Å². The summed E-state index contributed by atoms with van der Waals surface area (Å²) in [4.78, 5) is 16.6. The molecule has 8 nitrogen and oxygen atoms in total. The summed E-state index contributed by atoms with van der Waals surface area (Å²) in [7, 11) is 4.00. The molecule has 1 N–H and O–H groups in total. The van der Waals surface area contributed by atoms with Crippen LogP contribution in [-0.4, -0.2) is 57.2 Å². The number of anilines is 1. The highest BCUT2D eigenvalue weighted by molar-refractivity contribution is 6.04. The van der Waals surface area contributed by atoms with Crippen LogP contribution in [0.25, 0.3) is 22.2 Å². The van der Waals surface area contributed by atoms with E-state index in [1.165, 1.54) is 17.8 Å². The van der Waals surface area contributed by atoms with Crippen LogP contribution < -0.4 is 9.64 Å². The van der Waals surface area contributed by atoms with Gasteiger partial charge < -0.3 is 23.8 Å². The van der Waals surface area contributed by atoms with Crippen LogP contribution in [0, 0.1) is 5.41 Å². The van der Waals surface area contributed by atoms with Gasteiger partial charge in [-0.2, -0.15) is 0 Å². The largest absolute Gasteiger partial charge is 0.573 e.